The van der Waals surface area contributed by atoms with Crippen LogP contribution in [-0.2, 0) is 6.42 Å². The third-order valence-corrected chi connectivity index (χ3v) is 3.55. The largest absolute Gasteiger partial charge is 0.411 e. The summed E-state index contributed by atoms with van der Waals surface area (Å²) in [5.74, 6) is 0. The average molecular weight is 312 g/mol. The van der Waals surface area contributed by atoms with Gasteiger partial charge in [-0.25, -0.2) is 4.63 Å². The van der Waals surface area contributed by atoms with E-state index < -0.39 is 0 Å². The van der Waals surface area contributed by atoms with E-state index in [1.54, 1.807) is 6.21 Å². The standard InChI is InChI=1S/C15H16N6O2/c1-21(2)11-5-3-10(4-6-11)9-16-17-14-12(18-22)7-8-13-15(14)20-23-19-13/h3-6,9,22H,7-8H2,1-2H3/b16-9+,17-14+,18-12+. The fourth-order valence-corrected chi connectivity index (χ4v) is 2.26. The summed E-state index contributed by atoms with van der Waals surface area (Å²) in [5, 5.41) is 28.2. The molecule has 8 heteroatoms. The first kappa shape index (κ1) is 14.9. The minimum Gasteiger partial charge on any atom is -0.411 e. The molecule has 2 aromatic rings. The highest BCUT2D eigenvalue weighted by atomic mass is 16.6. The third kappa shape index (κ3) is 3.10. The van der Waals surface area contributed by atoms with Gasteiger partial charge in [0, 0.05) is 32.6 Å². The number of hydrogen-bond acceptors (Lipinski definition) is 8. The van der Waals surface area contributed by atoms with Crippen molar-refractivity contribution in [3.63, 3.8) is 0 Å². The van der Waals surface area contributed by atoms with Crippen molar-refractivity contribution in [2.45, 2.75) is 12.8 Å². The van der Waals surface area contributed by atoms with Crippen molar-refractivity contribution in [3.8, 4) is 0 Å². The van der Waals surface area contributed by atoms with Crippen molar-refractivity contribution >= 4 is 23.3 Å². The van der Waals surface area contributed by atoms with Gasteiger partial charge < -0.3 is 10.1 Å². The van der Waals surface area contributed by atoms with Gasteiger partial charge in [0.2, 0.25) is 0 Å². The normalized spacial score (nSPS) is 17.8. The Hall–Kier alpha value is -3.03. The van der Waals surface area contributed by atoms with Crippen LogP contribution in [0.1, 0.15) is 23.4 Å². The van der Waals surface area contributed by atoms with Gasteiger partial charge in [0.05, 0.1) is 6.21 Å². The van der Waals surface area contributed by atoms with E-state index in [0.29, 0.717) is 35.7 Å². The number of nitrogens with zero attached hydrogens (tertiary/aromatic N) is 6. The minimum absolute atomic E-state index is 0.385. The minimum atomic E-state index is 0.385. The van der Waals surface area contributed by atoms with Crippen molar-refractivity contribution < 1.29 is 9.84 Å². The molecule has 23 heavy (non-hydrogen) atoms. The molecule has 1 N–H and O–H groups in total. The van der Waals surface area contributed by atoms with Gasteiger partial charge in [-0.05, 0) is 22.9 Å². The molecule has 0 spiro atoms. The van der Waals surface area contributed by atoms with Crippen LogP contribution >= 0.6 is 0 Å². The van der Waals surface area contributed by atoms with E-state index in [-0.39, 0.29) is 0 Å². The Balaban J connectivity index is 1.84. The Morgan fingerprint density at radius 3 is 2.65 bits per heavy atom. The molecule has 0 radical (unpaired) electrons. The topological polar surface area (TPSA) is 99.5 Å². The van der Waals surface area contributed by atoms with Crippen LogP contribution in [0.5, 0.6) is 0 Å². The second-order valence-electron chi connectivity index (χ2n) is 5.29. The van der Waals surface area contributed by atoms with E-state index >= 15 is 0 Å². The number of rotatable bonds is 3. The van der Waals surface area contributed by atoms with Gasteiger partial charge >= 0.3 is 0 Å². The second kappa shape index (κ2) is 6.39. The second-order valence-corrected chi connectivity index (χ2v) is 5.29. The van der Waals surface area contributed by atoms with Crippen LogP contribution in [0.2, 0.25) is 0 Å². The van der Waals surface area contributed by atoms with Crippen LogP contribution in [0.4, 0.5) is 5.69 Å². The smallest absolute Gasteiger partial charge is 0.160 e. The molecule has 0 unspecified atom stereocenters. The van der Waals surface area contributed by atoms with Gasteiger partial charge in [0.15, 0.2) is 5.69 Å². The maximum Gasteiger partial charge on any atom is 0.160 e. The van der Waals surface area contributed by atoms with E-state index in [0.717, 1.165) is 11.3 Å². The summed E-state index contributed by atoms with van der Waals surface area (Å²) in [6.45, 7) is 0. The number of anilines is 1. The summed E-state index contributed by atoms with van der Waals surface area (Å²) in [4.78, 5) is 2.02. The monoisotopic (exact) mass is 312 g/mol. The first-order chi connectivity index (χ1) is 11.2. The molecule has 0 bridgehead atoms. The number of oxime groups is 1. The average Bonchev–Trinajstić information content (AvgIpc) is 3.04. The van der Waals surface area contributed by atoms with E-state index in [2.05, 4.69) is 25.7 Å². The lowest BCUT2D eigenvalue weighted by Crippen LogP contribution is -2.23. The van der Waals surface area contributed by atoms with Crippen LogP contribution in [0.3, 0.4) is 0 Å². The van der Waals surface area contributed by atoms with Crippen molar-refractivity contribution in [1.29, 1.82) is 0 Å². The molecule has 1 aliphatic carbocycles. The van der Waals surface area contributed by atoms with Crippen LogP contribution in [0, 0.1) is 0 Å². The fraction of sp³-hybridized carbons (Fsp3) is 0.267. The number of hydrogen-bond donors (Lipinski definition) is 1. The Kier molecular flexibility index (Phi) is 4.13. The van der Waals surface area contributed by atoms with Gasteiger partial charge in [0.1, 0.15) is 17.1 Å². The van der Waals surface area contributed by atoms with Gasteiger partial charge in [-0.2, -0.15) is 5.10 Å². The maximum absolute atomic E-state index is 9.10. The molecular weight excluding hydrogens is 296 g/mol. The van der Waals surface area contributed by atoms with Gasteiger partial charge in [0.25, 0.3) is 0 Å². The predicted molar refractivity (Wildman–Crippen MR) is 86.7 cm³/mol. The van der Waals surface area contributed by atoms with Crippen LogP contribution in [0.15, 0.2) is 44.3 Å². The molecule has 1 aliphatic rings. The molecular formula is C15H16N6O2. The zero-order valence-electron chi connectivity index (χ0n) is 12.8. The van der Waals surface area contributed by atoms with Crippen LogP contribution < -0.4 is 4.90 Å². The predicted octanol–water partition coefficient (Wildman–Crippen LogP) is 1.74. The maximum atomic E-state index is 9.10. The molecule has 0 aliphatic heterocycles. The summed E-state index contributed by atoms with van der Waals surface area (Å²) in [5.41, 5.74) is 4.00. The Labute approximate surface area is 132 Å². The molecule has 1 heterocycles. The summed E-state index contributed by atoms with van der Waals surface area (Å²) < 4.78 is 4.72. The first-order valence-corrected chi connectivity index (χ1v) is 7.10. The highest BCUT2D eigenvalue weighted by molar-refractivity contribution is 6.48. The molecule has 0 amide bonds. The molecule has 0 fully saturated rings. The molecule has 0 atom stereocenters. The molecule has 0 saturated carbocycles. The van der Waals surface area contributed by atoms with E-state index in [9.17, 15) is 0 Å². The lowest BCUT2D eigenvalue weighted by Gasteiger charge is -2.11. The zero-order valence-corrected chi connectivity index (χ0v) is 12.8. The first-order valence-electron chi connectivity index (χ1n) is 7.10. The number of benzene rings is 1. The van der Waals surface area contributed by atoms with E-state index in [1.165, 1.54) is 0 Å². The Bertz CT molecular complexity index is 774. The lowest BCUT2D eigenvalue weighted by molar-refractivity contribution is 0.303. The quantitative estimate of drug-likeness (QED) is 0.528. The van der Waals surface area contributed by atoms with Crippen molar-refractivity contribution in [1.82, 2.24) is 10.3 Å². The summed E-state index contributed by atoms with van der Waals surface area (Å²) in [6.07, 6.45) is 2.75. The third-order valence-electron chi connectivity index (χ3n) is 3.55. The highest BCUT2D eigenvalue weighted by Gasteiger charge is 2.27. The van der Waals surface area contributed by atoms with Crippen molar-refractivity contribution in [2.75, 3.05) is 19.0 Å². The fourth-order valence-electron chi connectivity index (χ4n) is 2.26. The SMILES string of the molecule is CN(C)c1ccc(/C=N/N=C2\C(=N\O)CCc3nonc32)cc1. The highest BCUT2D eigenvalue weighted by Crippen LogP contribution is 2.17. The van der Waals surface area contributed by atoms with Crippen LogP contribution in [-0.4, -0.2) is 47.3 Å². The molecule has 118 valence electrons. The van der Waals surface area contributed by atoms with Gasteiger partial charge in [-0.1, -0.05) is 22.4 Å². The summed E-state index contributed by atoms with van der Waals surface area (Å²) >= 11 is 0. The van der Waals surface area contributed by atoms with E-state index in [4.69, 9.17) is 9.84 Å². The molecule has 0 saturated heterocycles. The lowest BCUT2D eigenvalue weighted by atomic mass is 9.97. The Morgan fingerprint density at radius 1 is 1.17 bits per heavy atom. The van der Waals surface area contributed by atoms with Crippen LogP contribution in [0.25, 0.3) is 0 Å². The number of aryl methyl sites for hydroxylation is 1. The van der Waals surface area contributed by atoms with Crippen molar-refractivity contribution in [3.05, 3.63) is 41.2 Å². The summed E-state index contributed by atoms with van der Waals surface area (Å²) in [7, 11) is 3.97. The Morgan fingerprint density at radius 2 is 1.96 bits per heavy atom. The van der Waals surface area contributed by atoms with Gasteiger partial charge in [-0.15, -0.1) is 5.10 Å². The summed E-state index contributed by atoms with van der Waals surface area (Å²) in [6, 6.07) is 7.89. The molecule has 8 nitrogen and oxygen atoms in total. The number of aromatic nitrogens is 2. The zero-order chi connectivity index (χ0) is 16.2. The van der Waals surface area contributed by atoms with Crippen molar-refractivity contribution in [2.24, 2.45) is 15.4 Å². The number of fused-ring (bicyclic) bond motifs is 1. The molecule has 1 aromatic carbocycles. The molecule has 3 rings (SSSR count). The van der Waals surface area contributed by atoms with Gasteiger partial charge in [-0.3, -0.25) is 0 Å². The molecule has 1 aromatic heterocycles. The van der Waals surface area contributed by atoms with E-state index in [1.807, 2.05) is 43.3 Å².